The Hall–Kier alpha value is -4.68. The molecule has 0 amide bonds. The Labute approximate surface area is 189 Å². The van der Waals surface area contributed by atoms with Crippen LogP contribution in [0.5, 0.6) is 0 Å². The monoisotopic (exact) mass is 419 g/mol. The van der Waals surface area contributed by atoms with Crippen LogP contribution >= 0.6 is 0 Å². The molecule has 0 saturated carbocycles. The largest absolute Gasteiger partial charge is 0.352 e. The highest BCUT2D eigenvalue weighted by Crippen LogP contribution is 2.41. The van der Waals surface area contributed by atoms with Crippen molar-refractivity contribution in [3.05, 3.63) is 103 Å². The molecule has 0 aliphatic rings. The van der Waals surface area contributed by atoms with Gasteiger partial charge in [0, 0.05) is 32.7 Å². The van der Waals surface area contributed by atoms with Gasteiger partial charge >= 0.3 is 0 Å². The van der Waals surface area contributed by atoms with Crippen LogP contribution in [0.3, 0.4) is 0 Å². The van der Waals surface area contributed by atoms with Crippen molar-refractivity contribution < 1.29 is 0 Å². The van der Waals surface area contributed by atoms with E-state index in [2.05, 4.69) is 83.8 Å². The summed E-state index contributed by atoms with van der Waals surface area (Å²) >= 11 is 0. The molecular weight excluding hydrogens is 402 g/mol. The average molecular weight is 419 g/mol. The fourth-order valence-electron chi connectivity index (χ4n) is 5.12. The summed E-state index contributed by atoms with van der Waals surface area (Å²) in [5.74, 6) is 0. The van der Waals surface area contributed by atoms with Gasteiger partial charge in [-0.2, -0.15) is 5.26 Å². The fourth-order valence-corrected chi connectivity index (χ4v) is 5.12. The lowest BCUT2D eigenvalue weighted by molar-refractivity contribution is 1.47. The molecule has 2 heterocycles. The van der Waals surface area contributed by atoms with Gasteiger partial charge in [-0.15, -0.1) is 0 Å². The lowest BCUT2D eigenvalue weighted by atomic mass is 9.94. The first-order valence-electron chi connectivity index (χ1n) is 11.0. The number of nitrogens with one attached hydrogen (secondary N) is 1. The van der Waals surface area contributed by atoms with Crippen molar-refractivity contribution in [1.29, 1.82) is 5.26 Å². The lowest BCUT2D eigenvalue weighted by Crippen LogP contribution is -1.91. The van der Waals surface area contributed by atoms with Gasteiger partial charge in [0.25, 0.3) is 0 Å². The van der Waals surface area contributed by atoms with Crippen LogP contribution in [0.15, 0.2) is 97.1 Å². The number of fused-ring (bicyclic) bond motifs is 8. The minimum Gasteiger partial charge on any atom is -0.352 e. The van der Waals surface area contributed by atoms with Crippen LogP contribution in [-0.2, 0) is 0 Å². The summed E-state index contributed by atoms with van der Waals surface area (Å²) < 4.78 is 0. The quantitative estimate of drug-likeness (QED) is 0.277. The first-order valence-corrected chi connectivity index (χ1v) is 11.0. The maximum Gasteiger partial charge on any atom is 0.0998 e. The molecule has 0 spiro atoms. The van der Waals surface area contributed by atoms with Crippen molar-refractivity contribution in [3.8, 4) is 17.2 Å². The van der Waals surface area contributed by atoms with Gasteiger partial charge in [-0.3, -0.25) is 0 Å². The maximum atomic E-state index is 9.90. The predicted octanol–water partition coefficient (Wildman–Crippen LogP) is 7.71. The molecule has 7 aromatic rings. The van der Waals surface area contributed by atoms with Crippen LogP contribution in [0, 0.1) is 11.3 Å². The van der Waals surface area contributed by atoms with Crippen molar-refractivity contribution in [2.24, 2.45) is 0 Å². The second-order valence-corrected chi connectivity index (χ2v) is 8.38. The number of aromatic nitrogens is 2. The third-order valence-corrected chi connectivity index (χ3v) is 6.63. The molecule has 0 unspecified atom stereocenters. The van der Waals surface area contributed by atoms with E-state index in [-0.39, 0.29) is 0 Å². The van der Waals surface area contributed by atoms with Crippen LogP contribution in [0.4, 0.5) is 0 Å². The summed E-state index contributed by atoms with van der Waals surface area (Å²) in [6.45, 7) is 0. The molecule has 7 rings (SSSR count). The van der Waals surface area contributed by atoms with Crippen LogP contribution in [-0.4, -0.2) is 9.97 Å². The van der Waals surface area contributed by atoms with Crippen molar-refractivity contribution in [2.75, 3.05) is 0 Å². The van der Waals surface area contributed by atoms with Crippen molar-refractivity contribution in [1.82, 2.24) is 9.97 Å². The molecule has 3 heteroatoms. The Morgan fingerprint density at radius 1 is 0.576 bits per heavy atom. The SMILES string of the molecule is N#Cc1ccccc1-c1c2ccc3ccccc3c2nc2c1[nH]c1c3ccccc3ccc21. The zero-order chi connectivity index (χ0) is 21.9. The number of H-pyrrole nitrogens is 1. The van der Waals surface area contributed by atoms with Gasteiger partial charge < -0.3 is 4.98 Å². The summed E-state index contributed by atoms with van der Waals surface area (Å²) in [6.07, 6.45) is 0. The molecule has 0 aliphatic carbocycles. The van der Waals surface area contributed by atoms with Crippen LogP contribution < -0.4 is 0 Å². The number of pyridine rings is 1. The topological polar surface area (TPSA) is 52.5 Å². The molecule has 0 aliphatic heterocycles. The van der Waals surface area contributed by atoms with Gasteiger partial charge in [0.1, 0.15) is 0 Å². The zero-order valence-corrected chi connectivity index (χ0v) is 17.6. The molecule has 5 aromatic carbocycles. The Balaban J connectivity index is 1.78. The van der Waals surface area contributed by atoms with E-state index in [1.165, 1.54) is 10.8 Å². The van der Waals surface area contributed by atoms with Gasteiger partial charge in [-0.1, -0.05) is 84.9 Å². The molecule has 2 aromatic heterocycles. The number of nitrogens with zero attached hydrogens (tertiary/aromatic N) is 2. The number of hydrogen-bond acceptors (Lipinski definition) is 2. The van der Waals surface area contributed by atoms with Crippen LogP contribution in [0.1, 0.15) is 5.56 Å². The van der Waals surface area contributed by atoms with E-state index in [4.69, 9.17) is 4.98 Å². The Bertz CT molecular complexity index is 1940. The van der Waals surface area contributed by atoms with Gasteiger partial charge in [0.15, 0.2) is 0 Å². The van der Waals surface area contributed by atoms with E-state index in [9.17, 15) is 5.26 Å². The summed E-state index contributed by atoms with van der Waals surface area (Å²) in [7, 11) is 0. The third-order valence-electron chi connectivity index (χ3n) is 6.63. The summed E-state index contributed by atoms with van der Waals surface area (Å²) in [5.41, 5.74) is 6.53. The number of benzene rings is 5. The lowest BCUT2D eigenvalue weighted by Gasteiger charge is -2.12. The molecule has 0 bridgehead atoms. The highest BCUT2D eigenvalue weighted by molar-refractivity contribution is 6.24. The van der Waals surface area contributed by atoms with E-state index in [0.29, 0.717) is 5.56 Å². The van der Waals surface area contributed by atoms with Crippen molar-refractivity contribution in [3.63, 3.8) is 0 Å². The van der Waals surface area contributed by atoms with Gasteiger partial charge in [-0.05, 0) is 22.9 Å². The van der Waals surface area contributed by atoms with E-state index in [1.807, 2.05) is 24.3 Å². The molecule has 0 saturated heterocycles. The van der Waals surface area contributed by atoms with Crippen LogP contribution in [0.2, 0.25) is 0 Å². The van der Waals surface area contributed by atoms with Gasteiger partial charge in [-0.25, -0.2) is 4.98 Å². The molecule has 0 atom stereocenters. The van der Waals surface area contributed by atoms with E-state index in [0.717, 1.165) is 54.7 Å². The van der Waals surface area contributed by atoms with Crippen LogP contribution in [0.25, 0.3) is 65.5 Å². The molecule has 0 fully saturated rings. The second-order valence-electron chi connectivity index (χ2n) is 8.38. The minimum absolute atomic E-state index is 0.656. The predicted molar refractivity (Wildman–Crippen MR) is 136 cm³/mol. The van der Waals surface area contributed by atoms with Gasteiger partial charge in [0.2, 0.25) is 0 Å². The summed E-state index contributed by atoms with van der Waals surface area (Å²) in [5, 5.41) is 16.7. The minimum atomic E-state index is 0.656. The van der Waals surface area contributed by atoms with E-state index in [1.54, 1.807) is 0 Å². The van der Waals surface area contributed by atoms with Crippen molar-refractivity contribution in [2.45, 2.75) is 0 Å². The van der Waals surface area contributed by atoms with Crippen molar-refractivity contribution >= 4 is 54.4 Å². The van der Waals surface area contributed by atoms with E-state index < -0.39 is 0 Å². The number of hydrogen-bond donors (Lipinski definition) is 1. The molecular formula is C30H17N3. The highest BCUT2D eigenvalue weighted by atomic mass is 14.8. The third kappa shape index (κ3) is 2.46. The first kappa shape index (κ1) is 17.9. The Morgan fingerprint density at radius 3 is 2.06 bits per heavy atom. The second kappa shape index (κ2) is 6.66. The summed E-state index contributed by atoms with van der Waals surface area (Å²) in [6, 6.07) is 35.5. The smallest absolute Gasteiger partial charge is 0.0998 e. The summed E-state index contributed by atoms with van der Waals surface area (Å²) in [4.78, 5) is 8.94. The Kier molecular flexibility index (Phi) is 3.62. The molecule has 3 nitrogen and oxygen atoms in total. The molecule has 33 heavy (non-hydrogen) atoms. The highest BCUT2D eigenvalue weighted by Gasteiger charge is 2.19. The van der Waals surface area contributed by atoms with E-state index >= 15 is 0 Å². The molecule has 152 valence electrons. The number of nitriles is 1. The fraction of sp³-hybridized carbons (Fsp3) is 0. The maximum absolute atomic E-state index is 9.90. The average Bonchev–Trinajstić information content (AvgIpc) is 3.26. The zero-order valence-electron chi connectivity index (χ0n) is 17.6. The molecule has 0 radical (unpaired) electrons. The van der Waals surface area contributed by atoms with Gasteiger partial charge in [0.05, 0.1) is 33.7 Å². The number of rotatable bonds is 1. The molecule has 1 N–H and O–H groups in total. The first-order chi connectivity index (χ1) is 16.3. The standard InChI is InChI=1S/C30H17N3/c31-17-20-9-3-4-10-21(20)26-24-15-13-18-7-1-5-11-22(18)27(24)32-29-25-16-14-19-8-2-6-12-23(19)28(25)33-30(26)29/h1-16,33H. The normalized spacial score (nSPS) is 11.6. The number of aromatic amines is 1. The Morgan fingerprint density at radius 2 is 1.24 bits per heavy atom.